The molecule has 5 rings (SSSR count). The van der Waals surface area contributed by atoms with Crippen molar-refractivity contribution in [3.63, 3.8) is 0 Å². The zero-order chi connectivity index (χ0) is 22.3. The third-order valence-electron chi connectivity index (χ3n) is 5.48. The van der Waals surface area contributed by atoms with E-state index in [4.69, 9.17) is 4.74 Å². The molecule has 1 aliphatic heterocycles. The Morgan fingerprint density at radius 3 is 2.75 bits per heavy atom. The van der Waals surface area contributed by atoms with E-state index in [-0.39, 0.29) is 12.4 Å². The lowest BCUT2D eigenvalue weighted by molar-refractivity contribution is -0.122. The zero-order valence-electron chi connectivity index (χ0n) is 17.0. The molecule has 1 fully saturated rings. The van der Waals surface area contributed by atoms with Gasteiger partial charge in [-0.1, -0.05) is 17.9 Å². The summed E-state index contributed by atoms with van der Waals surface area (Å²) in [7, 11) is 1.54. The number of ether oxygens (including phenoxy) is 1. The number of rotatable bonds is 3. The van der Waals surface area contributed by atoms with E-state index in [0.717, 1.165) is 16.2 Å². The van der Waals surface area contributed by atoms with Crippen LogP contribution >= 0.6 is 0 Å². The number of imide groups is 1. The van der Waals surface area contributed by atoms with E-state index >= 15 is 0 Å². The van der Waals surface area contributed by atoms with Crippen molar-refractivity contribution in [3.8, 4) is 23.5 Å². The summed E-state index contributed by atoms with van der Waals surface area (Å²) in [5.41, 5.74) is -0.872. The molecular formula is C24H18N4O4. The SMILES string of the molecule is COc1ccc2cn(C[C@@]3(C#Cc4ccc5ccncc5c4)NC(=O)NC3=O)c(O)c2c1. The average molecular weight is 426 g/mol. The Morgan fingerprint density at radius 2 is 1.97 bits per heavy atom. The van der Waals surface area contributed by atoms with Crippen LogP contribution in [0.25, 0.3) is 21.5 Å². The molecule has 1 atom stereocenters. The standard InChI is InChI=1S/C24H18N4O4/c1-32-19-5-4-17-13-28(21(29)20(17)11-19)14-24(22(30)26-23(31)27-24)8-6-15-2-3-16-7-9-25-12-18(16)10-15/h2-5,7,9-13,29H,14H2,1H3,(H2,26,27,30,31)/t24-/m1/s1. The Kier molecular flexibility index (Phi) is 4.45. The molecule has 0 saturated carbocycles. The van der Waals surface area contributed by atoms with Gasteiger partial charge in [0.15, 0.2) is 5.88 Å². The second-order valence-corrected chi connectivity index (χ2v) is 7.53. The van der Waals surface area contributed by atoms with E-state index in [0.29, 0.717) is 16.7 Å². The molecule has 3 N–H and O–H groups in total. The number of nitrogens with one attached hydrogen (secondary N) is 2. The first-order chi connectivity index (χ1) is 15.5. The van der Waals surface area contributed by atoms with Crippen LogP contribution in [0.3, 0.4) is 0 Å². The fourth-order valence-electron chi connectivity index (χ4n) is 3.80. The van der Waals surface area contributed by atoms with Crippen LogP contribution in [0.4, 0.5) is 4.79 Å². The first kappa shape index (κ1) is 19.5. The van der Waals surface area contributed by atoms with Crippen molar-refractivity contribution in [1.29, 1.82) is 0 Å². The maximum atomic E-state index is 12.7. The van der Waals surface area contributed by atoms with Crippen LogP contribution in [0.1, 0.15) is 5.56 Å². The second-order valence-electron chi connectivity index (χ2n) is 7.53. The number of benzene rings is 2. The normalized spacial score (nSPS) is 17.7. The van der Waals surface area contributed by atoms with Crippen LogP contribution in [0.2, 0.25) is 0 Å². The topological polar surface area (TPSA) is 105 Å². The summed E-state index contributed by atoms with van der Waals surface area (Å²) in [6.45, 7) is -0.0739. The van der Waals surface area contributed by atoms with Gasteiger partial charge in [-0.15, -0.1) is 0 Å². The summed E-state index contributed by atoms with van der Waals surface area (Å²) >= 11 is 0. The lowest BCUT2D eigenvalue weighted by atomic mass is 9.99. The third kappa shape index (κ3) is 3.26. The van der Waals surface area contributed by atoms with Gasteiger partial charge in [-0.2, -0.15) is 0 Å². The number of nitrogens with zero attached hydrogens (tertiary/aromatic N) is 2. The van der Waals surface area contributed by atoms with E-state index in [1.165, 1.54) is 4.57 Å². The summed E-state index contributed by atoms with van der Waals surface area (Å²) in [5.74, 6) is 5.89. The molecule has 2 aromatic carbocycles. The molecule has 0 radical (unpaired) electrons. The number of urea groups is 1. The van der Waals surface area contributed by atoms with Crippen molar-refractivity contribution in [2.24, 2.45) is 0 Å². The Morgan fingerprint density at radius 1 is 1.12 bits per heavy atom. The first-order valence-corrected chi connectivity index (χ1v) is 9.84. The highest BCUT2D eigenvalue weighted by Gasteiger charge is 2.46. The molecule has 0 aliphatic carbocycles. The van der Waals surface area contributed by atoms with Gasteiger partial charge in [-0.05, 0) is 41.8 Å². The van der Waals surface area contributed by atoms with Crippen molar-refractivity contribution in [3.05, 3.63) is 66.6 Å². The minimum absolute atomic E-state index is 0.0502. The molecule has 0 unspecified atom stereocenters. The van der Waals surface area contributed by atoms with E-state index < -0.39 is 17.5 Å². The predicted octanol–water partition coefficient (Wildman–Crippen LogP) is 2.53. The Labute approximate surface area is 182 Å². The molecule has 4 aromatic rings. The van der Waals surface area contributed by atoms with Gasteiger partial charge in [0.25, 0.3) is 5.91 Å². The van der Waals surface area contributed by atoms with Gasteiger partial charge in [0.2, 0.25) is 5.54 Å². The lowest BCUT2D eigenvalue weighted by Gasteiger charge is -2.20. The molecule has 1 aliphatic rings. The van der Waals surface area contributed by atoms with Gasteiger partial charge in [-0.25, -0.2) is 4.79 Å². The fraction of sp³-hybridized carbons (Fsp3) is 0.125. The van der Waals surface area contributed by atoms with Gasteiger partial charge in [0, 0.05) is 40.3 Å². The van der Waals surface area contributed by atoms with E-state index in [2.05, 4.69) is 27.5 Å². The highest BCUT2D eigenvalue weighted by molar-refractivity contribution is 6.09. The van der Waals surface area contributed by atoms with Crippen molar-refractivity contribution in [1.82, 2.24) is 20.2 Å². The van der Waals surface area contributed by atoms with Gasteiger partial charge >= 0.3 is 6.03 Å². The smallest absolute Gasteiger partial charge is 0.323 e. The molecule has 0 spiro atoms. The second kappa shape index (κ2) is 7.32. The number of carbonyl (C=O) groups excluding carboxylic acids is 2. The van der Waals surface area contributed by atoms with Crippen molar-refractivity contribution < 1.29 is 19.4 Å². The zero-order valence-corrected chi connectivity index (χ0v) is 17.0. The van der Waals surface area contributed by atoms with Crippen LogP contribution in [0, 0.1) is 11.8 Å². The third-order valence-corrected chi connectivity index (χ3v) is 5.48. The fourth-order valence-corrected chi connectivity index (χ4v) is 3.80. The number of aromatic hydroxyl groups is 1. The largest absolute Gasteiger partial charge is 0.497 e. The van der Waals surface area contributed by atoms with Crippen LogP contribution in [-0.4, -0.2) is 39.2 Å². The van der Waals surface area contributed by atoms with Crippen LogP contribution in [-0.2, 0) is 11.3 Å². The van der Waals surface area contributed by atoms with Crippen LogP contribution < -0.4 is 15.4 Å². The minimum atomic E-state index is -1.54. The molecule has 2 aromatic heterocycles. The number of fused-ring (bicyclic) bond motifs is 2. The number of pyridine rings is 1. The van der Waals surface area contributed by atoms with Gasteiger partial charge in [0.1, 0.15) is 5.75 Å². The Hall–Kier alpha value is -4.51. The van der Waals surface area contributed by atoms with Crippen molar-refractivity contribution >= 4 is 33.5 Å². The maximum absolute atomic E-state index is 12.7. The number of methoxy groups -OCH3 is 1. The summed E-state index contributed by atoms with van der Waals surface area (Å²) in [6.07, 6.45) is 5.15. The van der Waals surface area contributed by atoms with Crippen molar-refractivity contribution in [2.75, 3.05) is 7.11 Å². The van der Waals surface area contributed by atoms with E-state index in [1.54, 1.807) is 43.9 Å². The molecule has 1 saturated heterocycles. The van der Waals surface area contributed by atoms with Gasteiger partial charge < -0.3 is 19.7 Å². The number of hydrogen-bond acceptors (Lipinski definition) is 5. The molecular weight excluding hydrogens is 408 g/mol. The number of amides is 3. The number of aromatic nitrogens is 2. The Bertz CT molecular complexity index is 1460. The molecule has 8 nitrogen and oxygen atoms in total. The first-order valence-electron chi connectivity index (χ1n) is 9.84. The molecule has 3 heterocycles. The number of hydrogen-bond donors (Lipinski definition) is 3. The highest BCUT2D eigenvalue weighted by atomic mass is 16.5. The predicted molar refractivity (Wildman–Crippen MR) is 118 cm³/mol. The quantitative estimate of drug-likeness (QED) is 0.345. The molecule has 3 amide bonds. The molecule has 32 heavy (non-hydrogen) atoms. The maximum Gasteiger partial charge on any atom is 0.323 e. The van der Waals surface area contributed by atoms with Crippen molar-refractivity contribution in [2.45, 2.75) is 12.1 Å². The lowest BCUT2D eigenvalue weighted by Crippen LogP contribution is -2.49. The minimum Gasteiger partial charge on any atom is -0.497 e. The summed E-state index contributed by atoms with van der Waals surface area (Å²) < 4.78 is 6.72. The number of carbonyl (C=O) groups is 2. The molecule has 0 bridgehead atoms. The van der Waals surface area contributed by atoms with Gasteiger partial charge in [-0.3, -0.25) is 15.1 Å². The summed E-state index contributed by atoms with van der Waals surface area (Å²) in [4.78, 5) is 28.8. The van der Waals surface area contributed by atoms with Crippen LogP contribution in [0.15, 0.2) is 61.1 Å². The highest BCUT2D eigenvalue weighted by Crippen LogP contribution is 2.32. The van der Waals surface area contributed by atoms with E-state index in [9.17, 15) is 14.7 Å². The molecule has 8 heteroatoms. The average Bonchev–Trinajstić information content (AvgIpc) is 3.26. The van der Waals surface area contributed by atoms with Gasteiger partial charge in [0.05, 0.1) is 13.7 Å². The van der Waals surface area contributed by atoms with E-state index in [1.807, 2.05) is 24.3 Å². The molecule has 158 valence electrons. The summed E-state index contributed by atoms with van der Waals surface area (Å²) in [5, 5.41) is 18.9. The summed E-state index contributed by atoms with van der Waals surface area (Å²) in [6, 6.07) is 12.2. The Balaban J connectivity index is 1.56. The van der Waals surface area contributed by atoms with Crippen LogP contribution in [0.5, 0.6) is 11.6 Å². The monoisotopic (exact) mass is 426 g/mol.